The Balaban J connectivity index is 0.000000159. The molecule has 0 unspecified atom stereocenters. The first-order chi connectivity index (χ1) is 43.8. The zero-order valence-electron chi connectivity index (χ0n) is 50.4. The molecule has 0 aliphatic heterocycles. The molecule has 0 radical (unpaired) electrons. The first kappa shape index (κ1) is 70.5. The number of pyridine rings is 4. The number of nitrogens with zero attached hydrogens (tertiary/aromatic N) is 2. The molecule has 12 rings (SSSR count). The number of aromatic carboxylic acids is 1. The Morgan fingerprint density at radius 1 is 0.391 bits per heavy atom. The number of likely N-dealkylation sites (N-methyl/N-ethyl adjacent to an activating group) is 2. The molecule has 0 saturated heterocycles. The fourth-order valence-corrected chi connectivity index (χ4v) is 13.2. The number of ether oxygens (including phenoxy) is 1. The Bertz CT molecular complexity index is 4900. The van der Waals surface area contributed by atoms with Crippen LogP contribution in [0.4, 0.5) is 0 Å². The van der Waals surface area contributed by atoms with Crippen LogP contribution in [0.25, 0.3) is 87.2 Å². The third-order valence-electron chi connectivity index (χ3n) is 15.6. The monoisotopic (exact) mass is 1710 g/mol. The number of carbonyl (C=O) groups excluding carboxylic acids is 3. The summed E-state index contributed by atoms with van der Waals surface area (Å²) in [6.45, 7) is 15.0. The molecule has 4 aromatic heterocycles. The first-order valence-electron chi connectivity index (χ1n) is 29.1. The lowest BCUT2D eigenvalue weighted by Crippen LogP contribution is -2.35. The summed E-state index contributed by atoms with van der Waals surface area (Å²) in [6.07, 6.45) is 0. The van der Waals surface area contributed by atoms with Crippen LogP contribution in [-0.4, -0.2) is 118 Å². The number of amides is 2. The van der Waals surface area contributed by atoms with E-state index in [2.05, 4.69) is 158 Å². The van der Waals surface area contributed by atoms with E-state index in [-0.39, 0.29) is 51.5 Å². The van der Waals surface area contributed by atoms with Crippen molar-refractivity contribution in [3.05, 3.63) is 223 Å². The maximum absolute atomic E-state index is 12.8. The van der Waals surface area contributed by atoms with Gasteiger partial charge in [0.1, 0.15) is 0 Å². The number of carboxylic acid groups (broad SMARTS) is 1. The number of para-hydroxylation sites is 8. The Morgan fingerprint density at radius 3 is 0.902 bits per heavy atom. The number of methoxy groups -OCH3 is 1. The van der Waals surface area contributed by atoms with Gasteiger partial charge in [-0.15, -0.1) is 12.4 Å². The summed E-state index contributed by atoms with van der Waals surface area (Å²) in [5.41, 5.74) is 6.17. The van der Waals surface area contributed by atoms with E-state index in [1.807, 2.05) is 60.7 Å². The third-order valence-corrected chi connectivity index (χ3v) is 19.2. The predicted molar refractivity (Wildman–Crippen MR) is 405 cm³/mol. The van der Waals surface area contributed by atoms with Gasteiger partial charge in [-0.25, -0.2) is 9.59 Å². The van der Waals surface area contributed by atoms with Gasteiger partial charge in [0.25, 0.3) is 11.8 Å². The molecule has 0 bridgehead atoms. The number of nitrogens with one attached hydrogen (secondary N) is 6. The molecule has 4 heterocycles. The highest BCUT2D eigenvalue weighted by molar-refractivity contribution is 14.1. The van der Waals surface area contributed by atoms with Crippen LogP contribution in [0.5, 0.6) is 0 Å². The average molecular weight is 1710 g/mol. The minimum absolute atomic E-state index is 0. The summed E-state index contributed by atoms with van der Waals surface area (Å²) in [4.78, 5) is 116. The van der Waals surface area contributed by atoms with Crippen molar-refractivity contribution >= 4 is 214 Å². The zero-order chi connectivity index (χ0) is 65.2. The molecule has 0 atom stereocenters. The van der Waals surface area contributed by atoms with Crippen molar-refractivity contribution in [3.8, 4) is 0 Å². The molecule has 0 saturated carbocycles. The largest absolute Gasteiger partial charge is 0.478 e. The Labute approximate surface area is 587 Å². The van der Waals surface area contributed by atoms with Gasteiger partial charge in [-0.05, 0) is 214 Å². The quantitative estimate of drug-likeness (QED) is 0.0305. The van der Waals surface area contributed by atoms with Crippen LogP contribution >= 0.6 is 103 Å². The van der Waals surface area contributed by atoms with E-state index < -0.39 is 11.9 Å². The molecule has 0 spiro atoms. The van der Waals surface area contributed by atoms with E-state index in [9.17, 15) is 43.5 Å². The van der Waals surface area contributed by atoms with Crippen LogP contribution in [0, 0.1) is 14.3 Å². The molecule has 0 aliphatic rings. The van der Waals surface area contributed by atoms with Crippen LogP contribution in [0.3, 0.4) is 0 Å². The molecular formula is C69H63ClI4N8O10. The number of aromatic nitrogens is 4. The smallest absolute Gasteiger partial charge is 0.339 e. The molecule has 92 heavy (non-hydrogen) atoms. The van der Waals surface area contributed by atoms with Crippen molar-refractivity contribution in [2.24, 2.45) is 0 Å². The van der Waals surface area contributed by atoms with Gasteiger partial charge < -0.3 is 50.2 Å². The number of hydrogen-bond donors (Lipinski definition) is 7. The molecule has 12 aromatic rings. The van der Waals surface area contributed by atoms with Gasteiger partial charge >= 0.3 is 11.9 Å². The highest BCUT2D eigenvalue weighted by Gasteiger charge is 2.19. The van der Waals surface area contributed by atoms with E-state index in [0.717, 1.165) is 70.1 Å². The highest BCUT2D eigenvalue weighted by Crippen LogP contribution is 2.27. The Kier molecular flexibility index (Phi) is 24.5. The van der Waals surface area contributed by atoms with Gasteiger partial charge in [-0.3, -0.25) is 28.8 Å². The minimum atomic E-state index is -1.05. The SMILES string of the molecule is CCN(CC)CCNC(=O)c1cccc2c(=O)c3cccc(I)c3[nH]c12.CCN(CC)CCNC(=O)c1cccc2c(=O)c3cccc(I)c3[nH]c12.COC(=O)c1cccc2c(=O)c3cccc(I)c3[nH]c12.Cl.O=C(O)c1cccc2c(=O)c3cccc(I)c3[nH]c12. The zero-order valence-corrected chi connectivity index (χ0v) is 59.9. The van der Waals surface area contributed by atoms with Gasteiger partial charge in [-0.1, -0.05) is 76.2 Å². The second-order valence-corrected chi connectivity index (χ2v) is 25.4. The van der Waals surface area contributed by atoms with Crippen LogP contribution in [0.15, 0.2) is 165 Å². The summed E-state index contributed by atoms with van der Waals surface area (Å²) in [6, 6.07) is 42.5. The van der Waals surface area contributed by atoms with E-state index in [1.165, 1.54) is 13.2 Å². The molecule has 0 fully saturated rings. The number of carboxylic acids is 1. The van der Waals surface area contributed by atoms with E-state index >= 15 is 0 Å². The van der Waals surface area contributed by atoms with Crippen LogP contribution < -0.4 is 32.3 Å². The number of esters is 1. The van der Waals surface area contributed by atoms with Gasteiger partial charge in [-0.2, -0.15) is 0 Å². The molecule has 7 N–H and O–H groups in total. The number of rotatable bonds is 14. The number of carbonyl (C=O) groups is 4. The lowest BCUT2D eigenvalue weighted by molar-refractivity contribution is 0.0601. The van der Waals surface area contributed by atoms with Crippen molar-refractivity contribution in [1.29, 1.82) is 0 Å². The summed E-state index contributed by atoms with van der Waals surface area (Å²) < 4.78 is 8.49. The van der Waals surface area contributed by atoms with E-state index in [4.69, 9.17) is 4.74 Å². The molecule has 2 amide bonds. The lowest BCUT2D eigenvalue weighted by atomic mass is 10.1. The van der Waals surface area contributed by atoms with Crippen LogP contribution in [-0.2, 0) is 4.74 Å². The molecule has 18 nitrogen and oxygen atoms in total. The van der Waals surface area contributed by atoms with Crippen molar-refractivity contribution in [3.63, 3.8) is 0 Å². The van der Waals surface area contributed by atoms with Gasteiger partial charge in [0.15, 0.2) is 21.7 Å². The summed E-state index contributed by atoms with van der Waals surface area (Å²) in [5, 5.41) is 19.6. The van der Waals surface area contributed by atoms with Crippen molar-refractivity contribution < 1.29 is 29.0 Å². The Morgan fingerprint density at radius 2 is 0.630 bits per heavy atom. The Hall–Kier alpha value is -7.35. The molecular weight excluding hydrogens is 1640 g/mol. The number of H-pyrrole nitrogens is 4. The molecule has 8 aromatic carbocycles. The van der Waals surface area contributed by atoms with Gasteiger partial charge in [0.2, 0.25) is 0 Å². The van der Waals surface area contributed by atoms with E-state index in [1.54, 1.807) is 78.9 Å². The lowest BCUT2D eigenvalue weighted by Gasteiger charge is -2.18. The van der Waals surface area contributed by atoms with Crippen molar-refractivity contribution in [1.82, 2.24) is 40.4 Å². The van der Waals surface area contributed by atoms with Crippen LogP contribution in [0.1, 0.15) is 69.1 Å². The predicted octanol–water partition coefficient (Wildman–Crippen LogP) is 13.2. The fourth-order valence-electron chi connectivity index (χ4n) is 10.7. The number of hydrogen-bond acceptors (Lipinski definition) is 11. The second kappa shape index (κ2) is 32.0. The maximum Gasteiger partial charge on any atom is 0.339 e. The summed E-state index contributed by atoms with van der Waals surface area (Å²) in [7, 11) is 1.32. The number of aromatic amines is 4. The minimum Gasteiger partial charge on any atom is -0.478 e. The average Bonchev–Trinajstić information content (AvgIpc) is 0.793. The normalized spacial score (nSPS) is 11.1. The fraction of sp³-hybridized carbons (Fsp3) is 0.188. The number of benzene rings is 8. The molecule has 23 heteroatoms. The van der Waals surface area contributed by atoms with Gasteiger partial charge in [0.05, 0.1) is 73.5 Å². The van der Waals surface area contributed by atoms with E-state index in [0.29, 0.717) is 100 Å². The molecule has 474 valence electrons. The number of halogens is 5. The number of fused-ring (bicyclic) bond motifs is 8. The van der Waals surface area contributed by atoms with Crippen LogP contribution in [0.2, 0.25) is 0 Å². The maximum atomic E-state index is 12.8. The third kappa shape index (κ3) is 15.2. The first-order valence-corrected chi connectivity index (χ1v) is 33.4. The van der Waals surface area contributed by atoms with Crippen molar-refractivity contribution in [2.45, 2.75) is 27.7 Å². The van der Waals surface area contributed by atoms with Crippen molar-refractivity contribution in [2.75, 3.05) is 59.5 Å². The summed E-state index contributed by atoms with van der Waals surface area (Å²) >= 11 is 8.68. The van der Waals surface area contributed by atoms with Gasteiger partial charge in [0, 0.05) is 83.5 Å². The second-order valence-electron chi connectivity index (χ2n) is 20.7. The highest BCUT2D eigenvalue weighted by atomic mass is 127. The molecule has 0 aliphatic carbocycles. The topological polar surface area (TPSA) is 260 Å². The summed E-state index contributed by atoms with van der Waals surface area (Å²) in [5.74, 6) is -1.84. The standard InChI is InChI=1S/2C20H22IN3O2.C15H10INO3.C14H8INO3.ClH/c2*1-3-24(4-2)12-11-22-20(26)15-9-5-7-13-17(15)23-18-14(19(13)25)8-6-10-16(18)21;1-20-15(19)10-6-2-4-8-12(10)17-13-9(14(8)18)5-3-7-11(13)16;15-10-6-2-4-8-12(10)16-11-7(13(8)17)3-1-5-9(11)14(18)19;/h2*5-10H,3-4,11-12H2,1-2H3,(H,22,26)(H,23,25);2-7H,1H3,(H,17,18);1-6H,(H,16,17)(H,18,19);1H.